The van der Waals surface area contributed by atoms with Gasteiger partial charge in [-0.05, 0) is 48.9 Å². The lowest BCUT2D eigenvalue weighted by molar-refractivity contribution is -0.132. The van der Waals surface area contributed by atoms with E-state index < -0.39 is 23.5 Å². The SMILES string of the molecule is COc1ccc(C(O)=C2C(=O)C(=O)N(c3nc(C)c(C(C)=O)s3)C2c2ccc(F)cc2)cc1. The average molecular weight is 466 g/mol. The molecule has 2 aromatic carbocycles. The Morgan fingerprint density at radius 3 is 2.30 bits per heavy atom. The summed E-state index contributed by atoms with van der Waals surface area (Å²) in [7, 11) is 1.50. The summed E-state index contributed by atoms with van der Waals surface area (Å²) in [5.41, 5.74) is 0.981. The quantitative estimate of drug-likeness (QED) is 0.259. The Morgan fingerprint density at radius 1 is 1.12 bits per heavy atom. The largest absolute Gasteiger partial charge is 0.507 e. The van der Waals surface area contributed by atoms with Gasteiger partial charge in [0, 0.05) is 12.5 Å². The summed E-state index contributed by atoms with van der Waals surface area (Å²) in [6.45, 7) is 3.02. The number of thiazole rings is 1. The second kappa shape index (κ2) is 8.59. The highest BCUT2D eigenvalue weighted by atomic mass is 32.1. The molecule has 3 aromatic rings. The highest BCUT2D eigenvalue weighted by Gasteiger charge is 2.48. The van der Waals surface area contributed by atoms with Gasteiger partial charge in [-0.3, -0.25) is 19.3 Å². The molecule has 0 saturated carbocycles. The third kappa shape index (κ3) is 3.91. The number of ether oxygens (including phenoxy) is 1. The van der Waals surface area contributed by atoms with Crippen molar-refractivity contribution in [3.8, 4) is 5.75 Å². The van der Waals surface area contributed by atoms with Crippen LogP contribution >= 0.6 is 11.3 Å². The number of methoxy groups -OCH3 is 1. The number of amides is 1. The van der Waals surface area contributed by atoms with Gasteiger partial charge in [0.25, 0.3) is 5.78 Å². The number of carbonyl (C=O) groups excluding carboxylic acids is 3. The van der Waals surface area contributed by atoms with Crippen LogP contribution in [0.1, 0.15) is 39.5 Å². The van der Waals surface area contributed by atoms with Crippen LogP contribution in [0, 0.1) is 12.7 Å². The van der Waals surface area contributed by atoms with Crippen LogP contribution in [-0.4, -0.2) is 34.7 Å². The zero-order chi connectivity index (χ0) is 23.9. The van der Waals surface area contributed by atoms with Crippen LogP contribution in [0.4, 0.5) is 9.52 Å². The Kier molecular flexibility index (Phi) is 5.82. The van der Waals surface area contributed by atoms with Crippen molar-refractivity contribution in [1.29, 1.82) is 0 Å². The van der Waals surface area contributed by atoms with E-state index in [0.29, 0.717) is 27.4 Å². The van der Waals surface area contributed by atoms with Gasteiger partial charge in [-0.15, -0.1) is 0 Å². The van der Waals surface area contributed by atoms with Crippen molar-refractivity contribution in [3.05, 3.63) is 81.6 Å². The normalized spacial score (nSPS) is 17.5. The van der Waals surface area contributed by atoms with Gasteiger partial charge in [0.05, 0.1) is 29.3 Å². The van der Waals surface area contributed by atoms with Crippen LogP contribution < -0.4 is 9.64 Å². The zero-order valence-corrected chi connectivity index (χ0v) is 18.8. The van der Waals surface area contributed by atoms with Crippen molar-refractivity contribution >= 4 is 39.7 Å². The van der Waals surface area contributed by atoms with E-state index in [9.17, 15) is 23.9 Å². The zero-order valence-electron chi connectivity index (χ0n) is 18.0. The molecule has 1 N–H and O–H groups in total. The lowest BCUT2D eigenvalue weighted by Gasteiger charge is -2.23. The molecule has 1 amide bonds. The maximum atomic E-state index is 13.6. The topological polar surface area (TPSA) is 96.8 Å². The summed E-state index contributed by atoms with van der Waals surface area (Å²) in [5, 5.41) is 11.2. The van der Waals surface area contributed by atoms with E-state index in [1.165, 1.54) is 38.3 Å². The summed E-state index contributed by atoms with van der Waals surface area (Å²) in [6.07, 6.45) is 0. The molecule has 168 valence electrons. The van der Waals surface area contributed by atoms with Crippen LogP contribution in [0.15, 0.2) is 54.1 Å². The van der Waals surface area contributed by atoms with Gasteiger partial charge in [-0.1, -0.05) is 23.5 Å². The summed E-state index contributed by atoms with van der Waals surface area (Å²) >= 11 is 0.984. The van der Waals surface area contributed by atoms with Crippen molar-refractivity contribution in [2.75, 3.05) is 12.0 Å². The van der Waals surface area contributed by atoms with E-state index in [-0.39, 0.29) is 22.2 Å². The molecular formula is C24H19FN2O5S. The standard InChI is InChI=1S/C24H19FN2O5S/c1-12-22(13(2)28)33-24(26-12)27-19(14-4-8-16(25)9-5-14)18(21(30)23(27)31)20(29)15-6-10-17(32-3)11-7-15/h4-11,19,29H,1-3H3. The fourth-order valence-corrected chi connectivity index (χ4v) is 4.70. The van der Waals surface area contributed by atoms with Gasteiger partial charge in [0.1, 0.15) is 17.3 Å². The molecule has 1 atom stereocenters. The molecule has 0 spiro atoms. The smallest absolute Gasteiger partial charge is 0.301 e. The molecule has 0 aliphatic carbocycles. The number of aromatic nitrogens is 1. The Labute approximate surface area is 192 Å². The molecule has 9 heteroatoms. The van der Waals surface area contributed by atoms with Gasteiger partial charge < -0.3 is 9.84 Å². The first-order valence-electron chi connectivity index (χ1n) is 9.92. The number of anilines is 1. The fourth-order valence-electron chi connectivity index (χ4n) is 3.71. The molecule has 0 radical (unpaired) electrons. The molecule has 2 heterocycles. The van der Waals surface area contributed by atoms with Crippen LogP contribution in [-0.2, 0) is 9.59 Å². The van der Waals surface area contributed by atoms with E-state index in [1.807, 2.05) is 0 Å². The number of hydrogen-bond acceptors (Lipinski definition) is 7. The summed E-state index contributed by atoms with van der Waals surface area (Å²) < 4.78 is 18.7. The van der Waals surface area contributed by atoms with Crippen molar-refractivity contribution < 1.29 is 28.6 Å². The monoisotopic (exact) mass is 466 g/mol. The Balaban J connectivity index is 1.92. The number of ketones is 2. The molecule has 1 unspecified atom stereocenters. The molecule has 7 nitrogen and oxygen atoms in total. The summed E-state index contributed by atoms with van der Waals surface area (Å²) in [6, 6.07) is 10.6. The third-order valence-electron chi connectivity index (χ3n) is 5.30. The number of nitrogens with zero attached hydrogens (tertiary/aromatic N) is 2. The van der Waals surface area contributed by atoms with E-state index in [2.05, 4.69) is 4.98 Å². The molecular weight excluding hydrogens is 447 g/mol. The third-order valence-corrected chi connectivity index (χ3v) is 6.56. The molecule has 1 aliphatic rings. The number of benzene rings is 2. The number of aliphatic hydroxyl groups excluding tert-OH is 1. The van der Waals surface area contributed by atoms with Crippen molar-refractivity contribution in [2.24, 2.45) is 0 Å². The predicted octanol–water partition coefficient (Wildman–Crippen LogP) is 4.43. The van der Waals surface area contributed by atoms with Crippen LogP contribution in [0.2, 0.25) is 0 Å². The van der Waals surface area contributed by atoms with Crippen LogP contribution in [0.3, 0.4) is 0 Å². The number of aliphatic hydroxyl groups is 1. The average Bonchev–Trinajstić information content (AvgIpc) is 3.31. The van der Waals surface area contributed by atoms with Gasteiger partial charge in [-0.25, -0.2) is 9.37 Å². The van der Waals surface area contributed by atoms with E-state index in [0.717, 1.165) is 16.2 Å². The Hall–Kier alpha value is -3.85. The highest BCUT2D eigenvalue weighted by molar-refractivity contribution is 7.18. The van der Waals surface area contributed by atoms with E-state index in [1.54, 1.807) is 31.2 Å². The van der Waals surface area contributed by atoms with Crippen molar-refractivity contribution in [1.82, 2.24) is 4.98 Å². The minimum absolute atomic E-state index is 0.142. The molecule has 1 aromatic heterocycles. The highest BCUT2D eigenvalue weighted by Crippen LogP contribution is 2.44. The Bertz CT molecular complexity index is 1300. The van der Waals surface area contributed by atoms with E-state index >= 15 is 0 Å². The first-order valence-corrected chi connectivity index (χ1v) is 10.7. The number of rotatable bonds is 5. The first kappa shape index (κ1) is 22.3. The predicted molar refractivity (Wildman–Crippen MR) is 121 cm³/mol. The molecule has 1 fully saturated rings. The van der Waals surface area contributed by atoms with Gasteiger partial charge in [-0.2, -0.15) is 0 Å². The second-order valence-corrected chi connectivity index (χ2v) is 8.39. The molecule has 4 rings (SSSR count). The van der Waals surface area contributed by atoms with E-state index in [4.69, 9.17) is 4.74 Å². The van der Waals surface area contributed by atoms with Crippen molar-refractivity contribution in [2.45, 2.75) is 19.9 Å². The fraction of sp³-hybridized carbons (Fsp3) is 0.167. The minimum Gasteiger partial charge on any atom is -0.507 e. The number of carbonyl (C=O) groups is 3. The summed E-state index contributed by atoms with van der Waals surface area (Å²) in [4.78, 5) is 44.0. The minimum atomic E-state index is -1.06. The number of halogens is 1. The number of aryl methyl sites for hydroxylation is 1. The van der Waals surface area contributed by atoms with Gasteiger partial charge in [0.2, 0.25) is 0 Å². The lowest BCUT2D eigenvalue weighted by atomic mass is 9.95. The Morgan fingerprint density at radius 2 is 1.76 bits per heavy atom. The van der Waals surface area contributed by atoms with Gasteiger partial charge >= 0.3 is 5.91 Å². The second-order valence-electron chi connectivity index (χ2n) is 7.42. The lowest BCUT2D eigenvalue weighted by Crippen LogP contribution is -2.29. The molecule has 1 aliphatic heterocycles. The van der Waals surface area contributed by atoms with Crippen LogP contribution in [0.5, 0.6) is 5.75 Å². The van der Waals surface area contributed by atoms with Gasteiger partial charge in [0.15, 0.2) is 10.9 Å². The maximum Gasteiger partial charge on any atom is 0.301 e. The molecule has 0 bridgehead atoms. The summed E-state index contributed by atoms with van der Waals surface area (Å²) in [5.74, 6) is -2.35. The number of Topliss-reactive ketones (excluding diaryl/α,β-unsaturated/α-hetero) is 2. The van der Waals surface area contributed by atoms with Crippen LogP contribution in [0.25, 0.3) is 5.76 Å². The van der Waals surface area contributed by atoms with Crippen molar-refractivity contribution in [3.63, 3.8) is 0 Å². The number of hydrogen-bond donors (Lipinski definition) is 1. The maximum absolute atomic E-state index is 13.6. The molecule has 1 saturated heterocycles. The molecule has 33 heavy (non-hydrogen) atoms. The first-order chi connectivity index (χ1) is 15.7.